The monoisotopic (exact) mass is 368 g/mol. The van der Waals surface area contributed by atoms with Crippen LogP contribution in [-0.2, 0) is 0 Å². The fourth-order valence-corrected chi connectivity index (χ4v) is 4.82. The second-order valence-electron chi connectivity index (χ2n) is 7.88. The molecule has 0 radical (unpaired) electrons. The smallest absolute Gasteiger partial charge is 0.253 e. The second kappa shape index (κ2) is 7.05. The number of halogens is 1. The molecule has 4 rings (SSSR count). The molecule has 0 aliphatic carbocycles. The van der Waals surface area contributed by atoms with E-state index in [1.165, 1.54) is 12.8 Å². The average Bonchev–Trinajstić information content (AvgIpc) is 3.01. The molecule has 0 N–H and O–H groups in total. The Morgan fingerprint density at radius 2 is 1.88 bits per heavy atom. The number of likely N-dealkylation sites (tertiary alicyclic amines) is 2. The van der Waals surface area contributed by atoms with Gasteiger partial charge >= 0.3 is 0 Å². The number of nitrogens with zero attached hydrogens (tertiary/aromatic N) is 2. The zero-order chi connectivity index (χ0) is 18.1. The van der Waals surface area contributed by atoms with Crippen molar-refractivity contribution in [2.45, 2.75) is 19.3 Å². The summed E-state index contributed by atoms with van der Waals surface area (Å²) >= 11 is 6.33. The van der Waals surface area contributed by atoms with E-state index in [0.717, 1.165) is 49.3 Å². The Labute approximate surface area is 160 Å². The summed E-state index contributed by atoms with van der Waals surface area (Å²) in [5, 5.41) is 0.711. The van der Waals surface area contributed by atoms with E-state index in [1.807, 2.05) is 48.5 Å². The van der Waals surface area contributed by atoms with Crippen LogP contribution in [0.2, 0.25) is 5.02 Å². The molecule has 0 aromatic heterocycles. The number of piperidine rings is 1. The fraction of sp³-hybridized carbons (Fsp3) is 0.409. The molecule has 0 bridgehead atoms. The number of hydrogen-bond acceptors (Lipinski definition) is 2. The summed E-state index contributed by atoms with van der Waals surface area (Å²) in [6.45, 7) is 3.99. The Bertz CT molecular complexity index is 817. The third kappa shape index (κ3) is 3.38. The second-order valence-corrected chi connectivity index (χ2v) is 8.29. The maximum Gasteiger partial charge on any atom is 0.253 e. The topological polar surface area (TPSA) is 23.6 Å². The lowest BCUT2D eigenvalue weighted by Crippen LogP contribution is -2.47. The van der Waals surface area contributed by atoms with Crippen LogP contribution in [0.15, 0.2) is 48.5 Å². The van der Waals surface area contributed by atoms with Gasteiger partial charge in [0, 0.05) is 41.2 Å². The van der Waals surface area contributed by atoms with Crippen LogP contribution >= 0.6 is 11.6 Å². The summed E-state index contributed by atoms with van der Waals surface area (Å²) in [4.78, 5) is 17.6. The van der Waals surface area contributed by atoms with E-state index in [0.29, 0.717) is 10.4 Å². The minimum absolute atomic E-state index is 0.146. The highest BCUT2D eigenvalue weighted by Gasteiger charge is 2.41. The summed E-state index contributed by atoms with van der Waals surface area (Å²) in [7, 11) is 2.18. The molecule has 2 heterocycles. The van der Waals surface area contributed by atoms with E-state index in [1.54, 1.807) is 0 Å². The standard InChI is InChI=1S/C22H25ClN2O/c1-24-13-11-22(15-24)10-5-12-25(16-22)21(26)18-7-4-6-17(14-18)19-8-2-3-9-20(19)23/h2-4,6-9,14H,5,10-13,15-16H2,1H3/t22-/m1/s1. The minimum atomic E-state index is 0.146. The zero-order valence-corrected chi connectivity index (χ0v) is 16.0. The summed E-state index contributed by atoms with van der Waals surface area (Å²) in [5.74, 6) is 0.146. The van der Waals surface area contributed by atoms with Crippen LogP contribution in [0.4, 0.5) is 0 Å². The molecule has 0 saturated carbocycles. The van der Waals surface area contributed by atoms with Gasteiger partial charge in [0.2, 0.25) is 0 Å². The molecule has 2 saturated heterocycles. The SMILES string of the molecule is CN1CC[C@]2(CCCN(C(=O)c3cccc(-c4ccccc4Cl)c3)C2)C1. The molecular weight excluding hydrogens is 344 g/mol. The molecule has 3 nitrogen and oxygen atoms in total. The van der Waals surface area contributed by atoms with Gasteiger partial charge in [0.15, 0.2) is 0 Å². The van der Waals surface area contributed by atoms with Gasteiger partial charge in [0.1, 0.15) is 0 Å². The molecule has 1 atom stereocenters. The maximum atomic E-state index is 13.2. The highest BCUT2D eigenvalue weighted by Crippen LogP contribution is 2.39. The number of carbonyl (C=O) groups is 1. The first-order chi connectivity index (χ1) is 12.6. The molecule has 2 aliphatic heterocycles. The van der Waals surface area contributed by atoms with Gasteiger partial charge in [-0.05, 0) is 56.6 Å². The third-order valence-electron chi connectivity index (χ3n) is 5.87. The van der Waals surface area contributed by atoms with E-state index < -0.39 is 0 Å². The van der Waals surface area contributed by atoms with E-state index in [2.05, 4.69) is 16.8 Å². The minimum Gasteiger partial charge on any atom is -0.338 e. The first kappa shape index (κ1) is 17.6. The van der Waals surface area contributed by atoms with Crippen LogP contribution in [0.3, 0.4) is 0 Å². The molecule has 0 unspecified atom stereocenters. The number of rotatable bonds is 2. The van der Waals surface area contributed by atoms with Gasteiger partial charge in [0.25, 0.3) is 5.91 Å². The Hall–Kier alpha value is -1.84. The molecule has 1 amide bonds. The van der Waals surface area contributed by atoms with Crippen LogP contribution in [0, 0.1) is 5.41 Å². The molecule has 2 fully saturated rings. The highest BCUT2D eigenvalue weighted by atomic mass is 35.5. The van der Waals surface area contributed by atoms with Crippen molar-refractivity contribution in [3.8, 4) is 11.1 Å². The van der Waals surface area contributed by atoms with E-state index >= 15 is 0 Å². The lowest BCUT2D eigenvalue weighted by Gasteiger charge is -2.40. The molecular formula is C22H25ClN2O. The van der Waals surface area contributed by atoms with E-state index in [-0.39, 0.29) is 5.91 Å². The van der Waals surface area contributed by atoms with Crippen molar-refractivity contribution in [2.24, 2.45) is 5.41 Å². The third-order valence-corrected chi connectivity index (χ3v) is 6.20. The number of hydrogen-bond donors (Lipinski definition) is 0. The molecule has 136 valence electrons. The molecule has 1 spiro atoms. The van der Waals surface area contributed by atoms with Crippen molar-refractivity contribution < 1.29 is 4.79 Å². The van der Waals surface area contributed by atoms with Crippen molar-refractivity contribution in [2.75, 3.05) is 33.2 Å². The molecule has 26 heavy (non-hydrogen) atoms. The lowest BCUT2D eigenvalue weighted by molar-refractivity contribution is 0.0534. The molecule has 2 aromatic carbocycles. The number of amides is 1. The summed E-state index contributed by atoms with van der Waals surface area (Å²) in [5.41, 5.74) is 3.01. The van der Waals surface area contributed by atoms with Crippen LogP contribution in [0.25, 0.3) is 11.1 Å². The predicted molar refractivity (Wildman–Crippen MR) is 107 cm³/mol. The van der Waals surface area contributed by atoms with Gasteiger partial charge in [-0.25, -0.2) is 0 Å². The molecule has 4 heteroatoms. The Kier molecular flexibility index (Phi) is 4.76. The normalized spacial score (nSPS) is 23.5. The van der Waals surface area contributed by atoms with Gasteiger partial charge in [-0.2, -0.15) is 0 Å². The van der Waals surface area contributed by atoms with Gasteiger partial charge < -0.3 is 9.80 Å². The van der Waals surface area contributed by atoms with Crippen molar-refractivity contribution in [3.63, 3.8) is 0 Å². The van der Waals surface area contributed by atoms with Crippen molar-refractivity contribution in [3.05, 3.63) is 59.1 Å². The first-order valence-electron chi connectivity index (χ1n) is 9.39. The Morgan fingerprint density at radius 3 is 2.65 bits per heavy atom. The van der Waals surface area contributed by atoms with Crippen LogP contribution in [0.1, 0.15) is 29.6 Å². The van der Waals surface area contributed by atoms with Crippen LogP contribution in [-0.4, -0.2) is 48.9 Å². The number of carbonyl (C=O) groups excluding carboxylic acids is 1. The first-order valence-corrected chi connectivity index (χ1v) is 9.77. The Morgan fingerprint density at radius 1 is 1.04 bits per heavy atom. The Balaban J connectivity index is 1.57. The lowest BCUT2D eigenvalue weighted by atomic mass is 9.79. The largest absolute Gasteiger partial charge is 0.338 e. The van der Waals surface area contributed by atoms with Crippen molar-refractivity contribution in [1.29, 1.82) is 0 Å². The highest BCUT2D eigenvalue weighted by molar-refractivity contribution is 6.33. The predicted octanol–water partition coefficient (Wildman–Crippen LogP) is 4.56. The fourth-order valence-electron chi connectivity index (χ4n) is 4.57. The van der Waals surface area contributed by atoms with Crippen molar-refractivity contribution in [1.82, 2.24) is 9.80 Å². The van der Waals surface area contributed by atoms with Gasteiger partial charge in [-0.1, -0.05) is 41.9 Å². The van der Waals surface area contributed by atoms with Gasteiger partial charge in [-0.15, -0.1) is 0 Å². The maximum absolute atomic E-state index is 13.2. The van der Waals surface area contributed by atoms with E-state index in [9.17, 15) is 4.79 Å². The van der Waals surface area contributed by atoms with Gasteiger partial charge in [0.05, 0.1) is 0 Å². The van der Waals surface area contributed by atoms with Crippen LogP contribution < -0.4 is 0 Å². The van der Waals surface area contributed by atoms with Crippen LogP contribution in [0.5, 0.6) is 0 Å². The quantitative estimate of drug-likeness (QED) is 0.775. The number of benzene rings is 2. The summed E-state index contributed by atoms with van der Waals surface area (Å²) < 4.78 is 0. The van der Waals surface area contributed by atoms with Gasteiger partial charge in [-0.3, -0.25) is 4.79 Å². The van der Waals surface area contributed by atoms with Crippen molar-refractivity contribution >= 4 is 17.5 Å². The van der Waals surface area contributed by atoms with E-state index in [4.69, 9.17) is 11.6 Å². The summed E-state index contributed by atoms with van der Waals surface area (Å²) in [6.07, 6.45) is 3.54. The molecule has 2 aliphatic rings. The summed E-state index contributed by atoms with van der Waals surface area (Å²) in [6, 6.07) is 15.6. The average molecular weight is 369 g/mol. The molecule has 2 aromatic rings. The zero-order valence-electron chi connectivity index (χ0n) is 15.2.